The van der Waals surface area contributed by atoms with E-state index in [0.717, 1.165) is 0 Å². The third-order valence-electron chi connectivity index (χ3n) is 2.72. The summed E-state index contributed by atoms with van der Waals surface area (Å²) >= 11 is 5.76. The molecule has 0 spiro atoms. The molecule has 1 unspecified atom stereocenters. The first-order chi connectivity index (χ1) is 10.3. The topological polar surface area (TPSA) is 56.7 Å². The Morgan fingerprint density at radius 3 is 2.39 bits per heavy atom. The molecule has 0 aliphatic heterocycles. The first kappa shape index (κ1) is 22.3. The van der Waals surface area contributed by atoms with Gasteiger partial charge in [-0.3, -0.25) is 4.99 Å². The molecule has 1 atom stereocenters. The Morgan fingerprint density at radius 2 is 1.87 bits per heavy atom. The maximum atomic E-state index is 12.1. The predicted octanol–water partition coefficient (Wildman–Crippen LogP) is 3.50. The minimum atomic E-state index is -4.22. The zero-order valence-electron chi connectivity index (χ0n) is 12.5. The molecule has 0 amide bonds. The molecule has 0 heterocycles. The van der Waals surface area contributed by atoms with Crippen LogP contribution in [0.3, 0.4) is 0 Å². The van der Waals surface area contributed by atoms with Crippen molar-refractivity contribution < 1.29 is 18.3 Å². The Labute approximate surface area is 155 Å². The van der Waals surface area contributed by atoms with Gasteiger partial charge in [0.2, 0.25) is 0 Å². The van der Waals surface area contributed by atoms with Gasteiger partial charge in [-0.05, 0) is 24.6 Å². The predicted molar refractivity (Wildman–Crippen MR) is 96.5 cm³/mol. The number of guanidine groups is 1. The highest BCUT2D eigenvalue weighted by Gasteiger charge is 2.26. The number of hydrogen-bond acceptors (Lipinski definition) is 2. The van der Waals surface area contributed by atoms with Crippen LogP contribution in [0.2, 0.25) is 5.02 Å². The van der Waals surface area contributed by atoms with E-state index < -0.39 is 18.7 Å². The lowest BCUT2D eigenvalue weighted by Gasteiger charge is -2.14. The number of aliphatic imine (C=N–C) groups is 1. The van der Waals surface area contributed by atoms with E-state index in [2.05, 4.69) is 15.6 Å². The van der Waals surface area contributed by atoms with Gasteiger partial charge in [0.05, 0.1) is 19.1 Å². The maximum absolute atomic E-state index is 12.1. The summed E-state index contributed by atoms with van der Waals surface area (Å²) in [5.74, 6) is 0.236. The number of hydrogen-bond donors (Lipinski definition) is 3. The zero-order chi connectivity index (χ0) is 16.6. The van der Waals surface area contributed by atoms with Gasteiger partial charge < -0.3 is 15.7 Å². The number of aliphatic hydroxyl groups excluding tert-OH is 1. The van der Waals surface area contributed by atoms with E-state index in [1.54, 1.807) is 31.2 Å². The first-order valence-electron chi connectivity index (χ1n) is 6.84. The lowest BCUT2D eigenvalue weighted by atomic mass is 10.1. The minimum Gasteiger partial charge on any atom is -0.386 e. The van der Waals surface area contributed by atoms with Crippen LogP contribution < -0.4 is 10.6 Å². The molecule has 0 saturated carbocycles. The van der Waals surface area contributed by atoms with Gasteiger partial charge in [-0.2, -0.15) is 13.2 Å². The Hall–Kier alpha value is -0.740. The van der Waals surface area contributed by atoms with Gasteiger partial charge in [0.25, 0.3) is 0 Å². The first-order valence-corrected chi connectivity index (χ1v) is 7.22. The third-order valence-corrected chi connectivity index (χ3v) is 2.97. The molecule has 0 bridgehead atoms. The molecule has 0 fully saturated rings. The van der Waals surface area contributed by atoms with Crippen LogP contribution in [0.15, 0.2) is 29.3 Å². The Bertz CT molecular complexity index is 483. The molecule has 23 heavy (non-hydrogen) atoms. The van der Waals surface area contributed by atoms with Crippen molar-refractivity contribution in [3.8, 4) is 0 Å². The molecule has 0 aliphatic carbocycles. The number of nitrogens with zero attached hydrogens (tertiary/aromatic N) is 1. The van der Waals surface area contributed by atoms with Gasteiger partial charge in [-0.1, -0.05) is 23.7 Å². The summed E-state index contributed by atoms with van der Waals surface area (Å²) in [6.45, 7) is 2.07. The molecule has 1 rings (SSSR count). The van der Waals surface area contributed by atoms with Gasteiger partial charge in [0.15, 0.2) is 5.96 Å². The fourth-order valence-electron chi connectivity index (χ4n) is 1.63. The van der Waals surface area contributed by atoms with Crippen LogP contribution in [0, 0.1) is 0 Å². The second-order valence-electron chi connectivity index (χ2n) is 4.58. The van der Waals surface area contributed by atoms with Crippen LogP contribution in [0.1, 0.15) is 25.0 Å². The molecule has 0 saturated heterocycles. The van der Waals surface area contributed by atoms with E-state index in [9.17, 15) is 18.3 Å². The van der Waals surface area contributed by atoms with Crippen molar-refractivity contribution in [3.05, 3.63) is 34.9 Å². The zero-order valence-corrected chi connectivity index (χ0v) is 15.6. The monoisotopic (exact) mass is 465 g/mol. The van der Waals surface area contributed by atoms with Crippen molar-refractivity contribution >= 4 is 41.5 Å². The van der Waals surface area contributed by atoms with Crippen molar-refractivity contribution in [3.63, 3.8) is 0 Å². The number of nitrogens with one attached hydrogen (secondary N) is 2. The lowest BCUT2D eigenvalue weighted by Crippen LogP contribution is -2.39. The van der Waals surface area contributed by atoms with Gasteiger partial charge in [0.1, 0.15) is 0 Å². The van der Waals surface area contributed by atoms with Gasteiger partial charge >= 0.3 is 6.18 Å². The number of alkyl halides is 3. The highest BCUT2D eigenvalue weighted by atomic mass is 127. The molecule has 4 nitrogen and oxygen atoms in total. The smallest absolute Gasteiger partial charge is 0.386 e. The molecule has 0 radical (unpaired) electrons. The van der Waals surface area contributed by atoms with E-state index in [-0.39, 0.29) is 43.0 Å². The summed E-state index contributed by atoms with van der Waals surface area (Å²) < 4.78 is 36.3. The number of aliphatic hydroxyl groups is 1. The molecule has 9 heteroatoms. The van der Waals surface area contributed by atoms with E-state index in [1.165, 1.54) is 0 Å². The van der Waals surface area contributed by atoms with E-state index >= 15 is 0 Å². The Kier molecular flexibility index (Phi) is 10.6. The normalized spacial score (nSPS) is 13.2. The van der Waals surface area contributed by atoms with Gasteiger partial charge in [-0.25, -0.2) is 0 Å². The average molecular weight is 466 g/mol. The largest absolute Gasteiger partial charge is 0.390 e. The number of benzene rings is 1. The van der Waals surface area contributed by atoms with Crippen molar-refractivity contribution in [2.45, 2.75) is 25.6 Å². The minimum absolute atomic E-state index is 0. The highest BCUT2D eigenvalue weighted by Crippen LogP contribution is 2.18. The molecule has 132 valence electrons. The summed E-state index contributed by atoms with van der Waals surface area (Å²) in [7, 11) is 0. The number of halogens is 5. The van der Waals surface area contributed by atoms with Crippen molar-refractivity contribution in [1.82, 2.24) is 10.6 Å². The quantitative estimate of drug-likeness (QED) is 0.342. The van der Waals surface area contributed by atoms with Gasteiger partial charge in [-0.15, -0.1) is 24.0 Å². The molecule has 3 N–H and O–H groups in total. The molecule has 0 aromatic heterocycles. The third kappa shape index (κ3) is 9.87. The summed E-state index contributed by atoms with van der Waals surface area (Å²) in [5, 5.41) is 16.0. The SMILES string of the molecule is CCNC(=NCC(O)c1ccc(Cl)cc1)NCCC(F)(F)F.I. The summed E-state index contributed by atoms with van der Waals surface area (Å²) in [5.41, 5.74) is 0.638. The summed E-state index contributed by atoms with van der Waals surface area (Å²) in [4.78, 5) is 4.08. The Balaban J connectivity index is 0.00000484. The van der Waals surface area contributed by atoms with Crippen LogP contribution in [0.5, 0.6) is 0 Å². The Morgan fingerprint density at radius 1 is 1.26 bits per heavy atom. The van der Waals surface area contributed by atoms with Crippen LogP contribution in [0.4, 0.5) is 13.2 Å². The van der Waals surface area contributed by atoms with Crippen LogP contribution in [-0.4, -0.2) is 36.9 Å². The second-order valence-corrected chi connectivity index (χ2v) is 5.02. The molecule has 0 aliphatic rings. The summed E-state index contributed by atoms with van der Waals surface area (Å²) in [6.07, 6.45) is -6.01. The standard InChI is InChI=1S/C14H19ClF3N3O.HI/c1-2-19-13(20-8-7-14(16,17)18)21-9-12(22)10-3-5-11(15)6-4-10;/h3-6,12,22H,2,7-9H2,1H3,(H2,19,20,21);1H. The van der Waals surface area contributed by atoms with Crippen LogP contribution >= 0.6 is 35.6 Å². The summed E-state index contributed by atoms with van der Waals surface area (Å²) in [6, 6.07) is 6.65. The average Bonchev–Trinajstić information content (AvgIpc) is 2.44. The van der Waals surface area contributed by atoms with Crippen molar-refractivity contribution in [2.24, 2.45) is 4.99 Å². The molecule has 1 aromatic carbocycles. The van der Waals surface area contributed by atoms with Crippen molar-refractivity contribution in [2.75, 3.05) is 19.6 Å². The van der Waals surface area contributed by atoms with Gasteiger partial charge in [0, 0.05) is 18.1 Å². The van der Waals surface area contributed by atoms with Crippen molar-refractivity contribution in [1.29, 1.82) is 0 Å². The molecular weight excluding hydrogens is 446 g/mol. The van der Waals surface area contributed by atoms with Crippen LogP contribution in [0.25, 0.3) is 0 Å². The number of rotatable bonds is 6. The lowest BCUT2D eigenvalue weighted by molar-refractivity contribution is -0.132. The maximum Gasteiger partial charge on any atom is 0.390 e. The van der Waals surface area contributed by atoms with Crippen LogP contribution in [-0.2, 0) is 0 Å². The van der Waals surface area contributed by atoms with E-state index in [4.69, 9.17) is 11.6 Å². The fraction of sp³-hybridized carbons (Fsp3) is 0.500. The molecular formula is C14H20ClF3IN3O. The molecule has 1 aromatic rings. The van der Waals surface area contributed by atoms with E-state index in [0.29, 0.717) is 17.1 Å². The fourth-order valence-corrected chi connectivity index (χ4v) is 1.76. The second kappa shape index (κ2) is 10.9. The van der Waals surface area contributed by atoms with E-state index in [1.807, 2.05) is 0 Å². The highest BCUT2D eigenvalue weighted by molar-refractivity contribution is 14.0.